The number of hydrogen-bond acceptors (Lipinski definition) is 8. The minimum atomic E-state index is -0.449. The van der Waals surface area contributed by atoms with Crippen LogP contribution in [0.2, 0.25) is 0 Å². The number of nitro groups is 1. The molecule has 0 aromatic heterocycles. The topological polar surface area (TPSA) is 115 Å². The summed E-state index contributed by atoms with van der Waals surface area (Å²) < 4.78 is 17.5. The van der Waals surface area contributed by atoms with Gasteiger partial charge in [-0.15, -0.1) is 0 Å². The molecular weight excluding hydrogens is 576 g/mol. The molecule has 0 radical (unpaired) electrons. The second-order valence-corrected chi connectivity index (χ2v) is 11.2. The second kappa shape index (κ2) is 15.9. The summed E-state index contributed by atoms with van der Waals surface area (Å²) in [5.41, 5.74) is 2.41. The molecule has 0 saturated carbocycles. The quantitative estimate of drug-likeness (QED) is 0.133. The Morgan fingerprint density at radius 1 is 0.911 bits per heavy atom. The number of para-hydroxylation sites is 1. The maximum atomic E-state index is 13.5. The van der Waals surface area contributed by atoms with Crippen LogP contribution in [0.25, 0.3) is 0 Å². The van der Waals surface area contributed by atoms with E-state index in [1.165, 1.54) is 18.1 Å². The number of anilines is 1. The van der Waals surface area contributed by atoms with Crippen molar-refractivity contribution in [3.05, 3.63) is 87.5 Å². The second-order valence-electron chi connectivity index (χ2n) is 11.2. The Kier molecular flexibility index (Phi) is 11.7. The van der Waals surface area contributed by atoms with Crippen molar-refractivity contribution < 1.29 is 28.7 Å². The SMILES string of the molecule is COc1cc(C(=O)N(C)c2ccc(C)cc2OCCCCCC(=O)N2CCN(C)CC2)ccc1OCc1ccccc1[N+](=O)[O-]. The number of piperazine rings is 1. The molecule has 0 N–H and O–H groups in total. The maximum absolute atomic E-state index is 13.5. The molecule has 11 nitrogen and oxygen atoms in total. The van der Waals surface area contributed by atoms with Gasteiger partial charge in [-0.1, -0.05) is 18.2 Å². The van der Waals surface area contributed by atoms with Crippen LogP contribution in [0.5, 0.6) is 17.2 Å². The molecular formula is C34H42N4O7. The molecule has 0 unspecified atom stereocenters. The van der Waals surface area contributed by atoms with Gasteiger partial charge in [0.05, 0.1) is 29.9 Å². The van der Waals surface area contributed by atoms with Crippen LogP contribution in [-0.2, 0) is 11.4 Å². The fourth-order valence-corrected chi connectivity index (χ4v) is 5.15. The highest BCUT2D eigenvalue weighted by atomic mass is 16.6. The third-order valence-electron chi connectivity index (χ3n) is 7.91. The highest BCUT2D eigenvalue weighted by Crippen LogP contribution is 2.33. The van der Waals surface area contributed by atoms with E-state index in [9.17, 15) is 19.7 Å². The van der Waals surface area contributed by atoms with Crippen molar-refractivity contribution in [3.63, 3.8) is 0 Å². The van der Waals surface area contributed by atoms with Crippen molar-refractivity contribution in [1.82, 2.24) is 9.80 Å². The van der Waals surface area contributed by atoms with Crippen LogP contribution in [0.3, 0.4) is 0 Å². The van der Waals surface area contributed by atoms with E-state index in [1.807, 2.05) is 30.0 Å². The molecule has 0 spiro atoms. The lowest BCUT2D eigenvalue weighted by atomic mass is 10.1. The van der Waals surface area contributed by atoms with Crippen molar-refractivity contribution in [2.24, 2.45) is 0 Å². The van der Waals surface area contributed by atoms with Gasteiger partial charge in [-0.3, -0.25) is 19.7 Å². The first-order valence-electron chi connectivity index (χ1n) is 15.2. The number of likely N-dealkylation sites (N-methyl/N-ethyl adjacent to an activating group) is 1. The summed E-state index contributed by atoms with van der Waals surface area (Å²) in [5.74, 6) is 1.26. The Bertz CT molecular complexity index is 1490. The number of ether oxygens (including phenoxy) is 3. The lowest BCUT2D eigenvalue weighted by Crippen LogP contribution is -2.47. The fraction of sp³-hybridized carbons (Fsp3) is 0.412. The molecule has 1 heterocycles. The molecule has 2 amide bonds. The molecule has 1 saturated heterocycles. The first-order valence-corrected chi connectivity index (χ1v) is 15.2. The van der Waals surface area contributed by atoms with E-state index in [2.05, 4.69) is 11.9 Å². The number of methoxy groups -OCH3 is 1. The number of unbranched alkanes of at least 4 members (excludes halogenated alkanes) is 2. The summed E-state index contributed by atoms with van der Waals surface area (Å²) >= 11 is 0. The van der Waals surface area contributed by atoms with E-state index in [4.69, 9.17) is 14.2 Å². The van der Waals surface area contributed by atoms with E-state index in [1.54, 1.807) is 43.4 Å². The van der Waals surface area contributed by atoms with Gasteiger partial charge in [-0.05, 0) is 75.2 Å². The zero-order valence-corrected chi connectivity index (χ0v) is 26.5. The zero-order valence-electron chi connectivity index (χ0n) is 26.5. The van der Waals surface area contributed by atoms with Gasteiger partial charge in [0, 0.05) is 51.3 Å². The van der Waals surface area contributed by atoms with Gasteiger partial charge in [-0.25, -0.2) is 0 Å². The third kappa shape index (κ3) is 8.95. The molecule has 1 aliphatic rings. The van der Waals surface area contributed by atoms with Gasteiger partial charge in [-0.2, -0.15) is 0 Å². The summed E-state index contributed by atoms with van der Waals surface area (Å²) in [5, 5.41) is 11.3. The molecule has 11 heteroatoms. The normalized spacial score (nSPS) is 13.3. The molecule has 3 aromatic carbocycles. The number of carbonyl (C=O) groups is 2. The van der Waals surface area contributed by atoms with Crippen LogP contribution in [-0.4, -0.2) is 80.5 Å². The first-order chi connectivity index (χ1) is 21.7. The Morgan fingerprint density at radius 2 is 1.67 bits per heavy atom. The highest BCUT2D eigenvalue weighted by molar-refractivity contribution is 6.06. The van der Waals surface area contributed by atoms with E-state index in [0.717, 1.165) is 51.0 Å². The molecule has 3 aromatic rings. The van der Waals surface area contributed by atoms with Gasteiger partial charge in [0.15, 0.2) is 11.5 Å². The molecule has 240 valence electrons. The molecule has 1 aliphatic heterocycles. The van der Waals surface area contributed by atoms with E-state index < -0.39 is 4.92 Å². The number of amides is 2. The summed E-state index contributed by atoms with van der Waals surface area (Å²) in [6.07, 6.45) is 3.04. The van der Waals surface area contributed by atoms with Crippen LogP contribution in [0.4, 0.5) is 11.4 Å². The predicted octanol–water partition coefficient (Wildman–Crippen LogP) is 5.48. The largest absolute Gasteiger partial charge is 0.493 e. The predicted molar refractivity (Wildman–Crippen MR) is 172 cm³/mol. The van der Waals surface area contributed by atoms with Crippen LogP contribution in [0, 0.1) is 17.0 Å². The van der Waals surface area contributed by atoms with Crippen LogP contribution in [0.15, 0.2) is 60.7 Å². The van der Waals surface area contributed by atoms with Gasteiger partial charge in [0.25, 0.3) is 11.6 Å². The van der Waals surface area contributed by atoms with Crippen molar-refractivity contribution in [1.29, 1.82) is 0 Å². The summed E-state index contributed by atoms with van der Waals surface area (Å²) in [6.45, 7) is 5.85. The molecule has 0 atom stereocenters. The summed E-state index contributed by atoms with van der Waals surface area (Å²) in [7, 11) is 5.24. The van der Waals surface area contributed by atoms with E-state index in [-0.39, 0.29) is 24.1 Å². The molecule has 0 bridgehead atoms. The van der Waals surface area contributed by atoms with E-state index >= 15 is 0 Å². The Labute approximate surface area is 264 Å². The van der Waals surface area contributed by atoms with Crippen LogP contribution in [0.1, 0.15) is 47.2 Å². The van der Waals surface area contributed by atoms with Gasteiger partial charge >= 0.3 is 0 Å². The third-order valence-corrected chi connectivity index (χ3v) is 7.91. The van der Waals surface area contributed by atoms with E-state index in [0.29, 0.717) is 47.1 Å². The molecule has 0 aliphatic carbocycles. The van der Waals surface area contributed by atoms with Crippen LogP contribution >= 0.6 is 0 Å². The van der Waals surface area contributed by atoms with Crippen molar-refractivity contribution in [3.8, 4) is 17.2 Å². The molecule has 1 fully saturated rings. The molecule has 45 heavy (non-hydrogen) atoms. The number of carbonyl (C=O) groups excluding carboxylic acids is 2. The highest BCUT2D eigenvalue weighted by Gasteiger charge is 2.21. The number of rotatable bonds is 14. The Balaban J connectivity index is 1.33. The number of nitrogens with zero attached hydrogens (tertiary/aromatic N) is 4. The summed E-state index contributed by atoms with van der Waals surface area (Å²) in [6, 6.07) is 16.9. The minimum Gasteiger partial charge on any atom is -0.493 e. The van der Waals surface area contributed by atoms with Crippen molar-refractivity contribution in [2.45, 2.75) is 39.2 Å². The fourth-order valence-electron chi connectivity index (χ4n) is 5.15. The van der Waals surface area contributed by atoms with Crippen molar-refractivity contribution in [2.75, 3.05) is 58.9 Å². The average molecular weight is 619 g/mol. The smallest absolute Gasteiger partial charge is 0.276 e. The standard InChI is InChI=1S/C34H42N4O7/c1-25-13-15-29(31(22-25)44-21-9-5-6-12-33(39)37-19-17-35(2)18-20-37)36(3)34(40)26-14-16-30(32(23-26)43-4)45-24-27-10-7-8-11-28(27)38(41)42/h7-8,10-11,13-16,22-23H,5-6,9,12,17-21,24H2,1-4H3. The minimum absolute atomic E-state index is 0.0303. The number of hydrogen-bond donors (Lipinski definition) is 0. The maximum Gasteiger partial charge on any atom is 0.276 e. The van der Waals surface area contributed by atoms with Gasteiger partial charge in [0.1, 0.15) is 12.4 Å². The molecule has 4 rings (SSSR count). The van der Waals surface area contributed by atoms with Gasteiger partial charge < -0.3 is 28.9 Å². The van der Waals surface area contributed by atoms with Crippen LogP contribution < -0.4 is 19.1 Å². The lowest BCUT2D eigenvalue weighted by molar-refractivity contribution is -0.385. The van der Waals surface area contributed by atoms with Gasteiger partial charge in [0.2, 0.25) is 5.91 Å². The lowest BCUT2D eigenvalue weighted by Gasteiger charge is -2.32. The number of benzene rings is 3. The number of nitro benzene ring substituents is 1. The van der Waals surface area contributed by atoms with Crippen molar-refractivity contribution >= 4 is 23.2 Å². The average Bonchev–Trinajstić information content (AvgIpc) is 3.05. The Morgan fingerprint density at radius 3 is 2.40 bits per heavy atom. The number of aryl methyl sites for hydroxylation is 1. The monoisotopic (exact) mass is 618 g/mol. The first kappa shape index (κ1) is 33.3. The zero-order chi connectivity index (χ0) is 32.3. The Hall–Kier alpha value is -4.64. The summed E-state index contributed by atoms with van der Waals surface area (Å²) in [4.78, 5) is 42.6.